The monoisotopic (exact) mass is 200 g/mol. The van der Waals surface area contributed by atoms with E-state index in [1.54, 1.807) is 0 Å². The second-order valence-corrected chi connectivity index (χ2v) is 4.50. The number of hydrogen-bond acceptors (Lipinski definition) is 2. The van der Waals surface area contributed by atoms with Gasteiger partial charge in [0.2, 0.25) is 0 Å². The first kappa shape index (κ1) is 10.2. The smallest absolute Gasteiger partial charge is 0.0659 e. The number of hydrogen-bond donors (Lipinski definition) is 0. The van der Waals surface area contributed by atoms with Crippen LogP contribution in [0.25, 0.3) is 0 Å². The van der Waals surface area contributed by atoms with Crippen LogP contribution in [-0.4, -0.2) is 4.98 Å². The summed E-state index contributed by atoms with van der Waals surface area (Å²) in [7, 11) is 0. The highest BCUT2D eigenvalue weighted by Crippen LogP contribution is 2.31. The molecule has 0 unspecified atom stereocenters. The van der Waals surface area contributed by atoms with E-state index < -0.39 is 0 Å². The summed E-state index contributed by atoms with van der Waals surface area (Å²) in [6.07, 6.45) is 2.95. The lowest BCUT2D eigenvalue weighted by Crippen LogP contribution is -2.03. The molecular weight excluding hydrogens is 184 g/mol. The summed E-state index contributed by atoms with van der Waals surface area (Å²) in [5, 5.41) is 9.02. The molecule has 15 heavy (non-hydrogen) atoms. The van der Waals surface area contributed by atoms with Gasteiger partial charge in [0, 0.05) is 17.8 Å². The van der Waals surface area contributed by atoms with E-state index in [2.05, 4.69) is 30.1 Å². The van der Waals surface area contributed by atoms with Crippen molar-refractivity contribution in [3.63, 3.8) is 0 Å². The van der Waals surface area contributed by atoms with E-state index in [1.165, 1.54) is 5.56 Å². The molecule has 2 atom stereocenters. The quantitative estimate of drug-likeness (QED) is 0.604. The number of aromatic nitrogens is 1. The predicted octanol–water partition coefficient (Wildman–Crippen LogP) is 2.97. The van der Waals surface area contributed by atoms with Crippen LogP contribution in [0.3, 0.4) is 0 Å². The average molecular weight is 200 g/mol. The Kier molecular flexibility index (Phi) is 2.73. The van der Waals surface area contributed by atoms with E-state index in [9.17, 15) is 0 Å². The molecule has 0 amide bonds. The minimum atomic E-state index is 0.156. The van der Waals surface area contributed by atoms with Gasteiger partial charge in [-0.15, -0.1) is 0 Å². The molecule has 0 radical (unpaired) electrons. The molecule has 0 saturated heterocycles. The Balaban J connectivity index is 2.41. The first-order valence-corrected chi connectivity index (χ1v) is 5.56. The maximum Gasteiger partial charge on any atom is 0.0659 e. The normalized spacial score (nSPS) is 25.1. The number of nitriles is 1. The van der Waals surface area contributed by atoms with Gasteiger partial charge in [0.1, 0.15) is 0 Å². The molecule has 78 valence electrons. The number of nitrogens with zero attached hydrogens (tertiary/aromatic N) is 2. The van der Waals surface area contributed by atoms with Crippen LogP contribution >= 0.6 is 0 Å². The van der Waals surface area contributed by atoms with E-state index in [4.69, 9.17) is 5.26 Å². The minimum absolute atomic E-state index is 0.156. The molecule has 1 aliphatic carbocycles. The van der Waals surface area contributed by atoms with Crippen LogP contribution in [0, 0.1) is 24.2 Å². The fourth-order valence-corrected chi connectivity index (χ4v) is 2.29. The highest BCUT2D eigenvalue weighted by Gasteiger charge is 2.21. The first-order valence-electron chi connectivity index (χ1n) is 5.56. The maximum absolute atomic E-state index is 9.02. The van der Waals surface area contributed by atoms with Crippen molar-refractivity contribution >= 4 is 0 Å². The summed E-state index contributed by atoms with van der Waals surface area (Å²) in [5.74, 6) is 0.703. The predicted molar refractivity (Wildman–Crippen MR) is 59.4 cm³/mol. The Hall–Kier alpha value is -1.36. The van der Waals surface area contributed by atoms with Gasteiger partial charge in [0.05, 0.1) is 12.0 Å². The minimum Gasteiger partial charge on any atom is -0.258 e. The van der Waals surface area contributed by atoms with Gasteiger partial charge in [-0.2, -0.15) is 5.26 Å². The third-order valence-corrected chi connectivity index (χ3v) is 3.25. The highest BCUT2D eigenvalue weighted by molar-refractivity contribution is 5.28. The second-order valence-electron chi connectivity index (χ2n) is 4.50. The van der Waals surface area contributed by atoms with Gasteiger partial charge in [-0.1, -0.05) is 13.0 Å². The van der Waals surface area contributed by atoms with Crippen molar-refractivity contribution in [1.29, 1.82) is 5.26 Å². The molecule has 0 fully saturated rings. The van der Waals surface area contributed by atoms with E-state index in [-0.39, 0.29) is 5.92 Å². The molecule has 2 heteroatoms. The second kappa shape index (κ2) is 4.02. The molecule has 0 spiro atoms. The summed E-state index contributed by atoms with van der Waals surface area (Å²) in [6, 6.07) is 6.64. The molecule has 1 heterocycles. The van der Waals surface area contributed by atoms with E-state index >= 15 is 0 Å². The molecule has 1 aliphatic rings. The van der Waals surface area contributed by atoms with Crippen molar-refractivity contribution in [2.24, 2.45) is 5.92 Å². The third kappa shape index (κ3) is 2.02. The van der Waals surface area contributed by atoms with Crippen molar-refractivity contribution in [3.05, 3.63) is 29.1 Å². The van der Waals surface area contributed by atoms with Crippen molar-refractivity contribution in [2.75, 3.05) is 0 Å². The van der Waals surface area contributed by atoms with Crippen molar-refractivity contribution in [3.8, 4) is 6.07 Å². The van der Waals surface area contributed by atoms with Crippen LogP contribution in [0.1, 0.15) is 42.6 Å². The third-order valence-electron chi connectivity index (χ3n) is 3.25. The Bertz CT molecular complexity index is 403. The number of aryl methyl sites for hydroxylation is 1. The Morgan fingerprint density at radius 3 is 2.93 bits per heavy atom. The highest BCUT2D eigenvalue weighted by atomic mass is 14.7. The molecule has 1 aromatic rings. The summed E-state index contributed by atoms with van der Waals surface area (Å²) in [5.41, 5.74) is 3.55. The summed E-state index contributed by atoms with van der Waals surface area (Å²) in [4.78, 5) is 4.57. The van der Waals surface area contributed by atoms with Crippen LogP contribution < -0.4 is 0 Å². The zero-order valence-corrected chi connectivity index (χ0v) is 9.33. The molecule has 0 bridgehead atoms. The fraction of sp³-hybridized carbons (Fsp3) is 0.538. The van der Waals surface area contributed by atoms with E-state index in [1.807, 2.05) is 6.92 Å². The fourth-order valence-electron chi connectivity index (χ4n) is 2.29. The largest absolute Gasteiger partial charge is 0.258 e. The van der Waals surface area contributed by atoms with Gasteiger partial charge in [-0.3, -0.25) is 4.98 Å². The van der Waals surface area contributed by atoms with Gasteiger partial charge in [-0.25, -0.2) is 0 Å². The van der Waals surface area contributed by atoms with Gasteiger partial charge in [0.15, 0.2) is 0 Å². The van der Waals surface area contributed by atoms with Gasteiger partial charge >= 0.3 is 0 Å². The Labute approximate surface area is 91.0 Å². The van der Waals surface area contributed by atoms with E-state index in [0.29, 0.717) is 5.92 Å². The van der Waals surface area contributed by atoms with Crippen molar-refractivity contribution < 1.29 is 0 Å². The summed E-state index contributed by atoms with van der Waals surface area (Å²) in [6.45, 7) is 4.24. The average Bonchev–Trinajstić information content (AvgIpc) is 2.38. The molecule has 2 nitrogen and oxygen atoms in total. The van der Waals surface area contributed by atoms with Crippen LogP contribution in [0.5, 0.6) is 0 Å². The number of pyridine rings is 1. The van der Waals surface area contributed by atoms with Crippen LogP contribution in [-0.2, 0) is 6.42 Å². The Morgan fingerprint density at radius 1 is 1.40 bits per heavy atom. The number of rotatable bonds is 0. The molecule has 0 saturated carbocycles. The van der Waals surface area contributed by atoms with Gasteiger partial charge in [-0.05, 0) is 37.3 Å². The standard InChI is InChI=1S/C13H16N2/c1-9-3-5-11(8-14)7-13-12(9)6-4-10(2)15-13/h4,6,9,11H,3,5,7H2,1-2H3/t9-,11+/m0/s1. The first-order chi connectivity index (χ1) is 7.20. The molecule has 0 aromatic carbocycles. The lowest BCUT2D eigenvalue weighted by Gasteiger charge is -2.11. The molecule has 2 rings (SSSR count). The van der Waals surface area contributed by atoms with Crippen LogP contribution in [0.15, 0.2) is 12.1 Å². The van der Waals surface area contributed by atoms with E-state index in [0.717, 1.165) is 30.7 Å². The van der Waals surface area contributed by atoms with Crippen LogP contribution in [0.2, 0.25) is 0 Å². The lowest BCUT2D eigenvalue weighted by molar-refractivity contribution is 0.556. The summed E-state index contributed by atoms with van der Waals surface area (Å²) < 4.78 is 0. The zero-order valence-electron chi connectivity index (χ0n) is 9.33. The van der Waals surface area contributed by atoms with Gasteiger partial charge < -0.3 is 0 Å². The topological polar surface area (TPSA) is 36.7 Å². The van der Waals surface area contributed by atoms with Crippen molar-refractivity contribution in [2.45, 2.75) is 39.0 Å². The maximum atomic E-state index is 9.02. The Morgan fingerprint density at radius 2 is 2.20 bits per heavy atom. The van der Waals surface area contributed by atoms with Crippen molar-refractivity contribution in [1.82, 2.24) is 4.98 Å². The zero-order chi connectivity index (χ0) is 10.8. The SMILES string of the molecule is Cc1ccc2c(n1)C[C@H](C#N)CC[C@@H]2C. The van der Waals surface area contributed by atoms with Gasteiger partial charge in [0.25, 0.3) is 0 Å². The number of fused-ring (bicyclic) bond motifs is 1. The molecule has 0 N–H and O–H groups in total. The van der Waals surface area contributed by atoms with Crippen LogP contribution in [0.4, 0.5) is 0 Å². The summed E-state index contributed by atoms with van der Waals surface area (Å²) >= 11 is 0. The molecule has 0 aliphatic heterocycles. The molecule has 1 aromatic heterocycles. The lowest BCUT2D eigenvalue weighted by atomic mass is 9.97. The molecular formula is C13H16N2.